The summed E-state index contributed by atoms with van der Waals surface area (Å²) in [5, 5.41) is 0.447. The summed E-state index contributed by atoms with van der Waals surface area (Å²) < 4.78 is 0. The van der Waals surface area contributed by atoms with Gasteiger partial charge in [0.1, 0.15) is 15.7 Å². The minimum atomic E-state index is 0.447. The van der Waals surface area contributed by atoms with E-state index >= 15 is 0 Å². The standard InChI is InChI=1S/C10H24B2/c1-6-7-9(4,5)10(11,12)8(2)3/h8H,6-7,11-12H2,1-5H3. The molecule has 0 nitrogen and oxygen atoms in total. The van der Waals surface area contributed by atoms with E-state index in [-0.39, 0.29) is 0 Å². The highest BCUT2D eigenvalue weighted by molar-refractivity contribution is 6.40. The maximum atomic E-state index is 2.40. The van der Waals surface area contributed by atoms with Crippen LogP contribution in [0.1, 0.15) is 47.5 Å². The summed E-state index contributed by atoms with van der Waals surface area (Å²) in [6.07, 6.45) is 2.63. The van der Waals surface area contributed by atoms with Crippen molar-refractivity contribution in [2.75, 3.05) is 0 Å². The quantitative estimate of drug-likeness (QED) is 0.559. The van der Waals surface area contributed by atoms with E-state index in [1.165, 1.54) is 12.8 Å². The molecule has 0 N–H and O–H groups in total. The average molecular weight is 166 g/mol. The lowest BCUT2D eigenvalue weighted by Gasteiger charge is -2.45. The Labute approximate surface area is 80.3 Å². The van der Waals surface area contributed by atoms with E-state index < -0.39 is 0 Å². The van der Waals surface area contributed by atoms with E-state index in [1.54, 1.807) is 0 Å². The molecular weight excluding hydrogens is 142 g/mol. The van der Waals surface area contributed by atoms with Crippen molar-refractivity contribution in [1.82, 2.24) is 0 Å². The Morgan fingerprint density at radius 2 is 1.58 bits per heavy atom. The molecule has 12 heavy (non-hydrogen) atoms. The average Bonchev–Trinajstić information content (AvgIpc) is 1.86. The van der Waals surface area contributed by atoms with Gasteiger partial charge in [0.05, 0.1) is 0 Å². The lowest BCUT2D eigenvalue weighted by molar-refractivity contribution is 0.232. The van der Waals surface area contributed by atoms with Gasteiger partial charge in [-0.15, -0.1) is 0 Å². The molecule has 0 unspecified atom stereocenters. The van der Waals surface area contributed by atoms with Gasteiger partial charge in [-0.3, -0.25) is 0 Å². The maximum Gasteiger partial charge on any atom is 0.100 e. The molecule has 0 radical (unpaired) electrons. The normalized spacial score (nSPS) is 13.8. The van der Waals surface area contributed by atoms with Crippen LogP contribution in [0.4, 0.5) is 0 Å². The van der Waals surface area contributed by atoms with Crippen LogP contribution < -0.4 is 0 Å². The Morgan fingerprint density at radius 1 is 1.17 bits per heavy atom. The molecular formula is C10H24B2. The maximum absolute atomic E-state index is 2.40. The Bertz CT molecular complexity index is 137. The van der Waals surface area contributed by atoms with Gasteiger partial charge in [-0.2, -0.15) is 0 Å². The molecule has 0 aliphatic heterocycles. The summed E-state index contributed by atoms with van der Waals surface area (Å²) in [6.45, 7) is 11.7. The fraction of sp³-hybridized carbons (Fsp3) is 1.00. The summed E-state index contributed by atoms with van der Waals surface area (Å²) in [5.74, 6) is 0.763. The third-order valence-electron chi connectivity index (χ3n) is 4.06. The molecule has 0 heterocycles. The Morgan fingerprint density at radius 3 is 1.83 bits per heavy atom. The summed E-state index contributed by atoms with van der Waals surface area (Å²) in [4.78, 5) is 0. The van der Waals surface area contributed by atoms with Crippen LogP contribution in [0.15, 0.2) is 0 Å². The zero-order valence-electron chi connectivity index (χ0n) is 9.99. The first-order valence-electron chi connectivity index (χ1n) is 5.25. The lowest BCUT2D eigenvalue weighted by atomic mass is 9.38. The van der Waals surface area contributed by atoms with Gasteiger partial charge in [0.2, 0.25) is 0 Å². The zero-order valence-corrected chi connectivity index (χ0v) is 9.99. The Hall–Kier alpha value is 0.130. The second-order valence-electron chi connectivity index (χ2n) is 5.51. The number of rotatable bonds is 4. The molecule has 0 saturated carbocycles. The smallest absolute Gasteiger partial charge is 0.0774 e. The molecule has 0 aromatic heterocycles. The molecule has 0 saturated heterocycles. The first kappa shape index (κ1) is 12.1. The summed E-state index contributed by atoms with van der Waals surface area (Å²) in [6, 6.07) is 0. The lowest BCUT2D eigenvalue weighted by Crippen LogP contribution is -2.36. The van der Waals surface area contributed by atoms with Crippen LogP contribution in [0.2, 0.25) is 5.21 Å². The third-order valence-corrected chi connectivity index (χ3v) is 4.06. The molecule has 0 amide bonds. The van der Waals surface area contributed by atoms with Crippen molar-refractivity contribution in [2.24, 2.45) is 11.3 Å². The summed E-state index contributed by atoms with van der Waals surface area (Å²) in [7, 11) is 4.79. The monoisotopic (exact) mass is 166 g/mol. The predicted octanol–water partition coefficient (Wildman–Crippen LogP) is 1.85. The molecule has 0 aliphatic carbocycles. The van der Waals surface area contributed by atoms with Gasteiger partial charge in [0.15, 0.2) is 0 Å². The first-order chi connectivity index (χ1) is 5.25. The van der Waals surface area contributed by atoms with E-state index in [2.05, 4.69) is 50.3 Å². The van der Waals surface area contributed by atoms with Crippen LogP contribution >= 0.6 is 0 Å². The minimum Gasteiger partial charge on any atom is -0.0774 e. The van der Waals surface area contributed by atoms with Crippen molar-refractivity contribution < 1.29 is 0 Å². The fourth-order valence-corrected chi connectivity index (χ4v) is 1.73. The van der Waals surface area contributed by atoms with Gasteiger partial charge in [-0.1, -0.05) is 52.2 Å². The second kappa shape index (κ2) is 3.89. The van der Waals surface area contributed by atoms with Crippen LogP contribution in [-0.4, -0.2) is 15.7 Å². The largest absolute Gasteiger partial charge is 0.100 e. The molecule has 0 bridgehead atoms. The molecule has 70 valence electrons. The second-order valence-corrected chi connectivity index (χ2v) is 5.51. The number of hydrogen-bond donors (Lipinski definition) is 0. The van der Waals surface area contributed by atoms with Gasteiger partial charge >= 0.3 is 0 Å². The molecule has 0 aromatic rings. The Balaban J connectivity index is 4.50. The molecule has 0 aromatic carbocycles. The van der Waals surface area contributed by atoms with Crippen molar-refractivity contribution in [3.8, 4) is 0 Å². The first-order valence-corrected chi connectivity index (χ1v) is 5.25. The van der Waals surface area contributed by atoms with Gasteiger partial charge < -0.3 is 0 Å². The van der Waals surface area contributed by atoms with Crippen molar-refractivity contribution in [2.45, 2.75) is 52.7 Å². The molecule has 0 fully saturated rings. The van der Waals surface area contributed by atoms with Crippen LogP contribution in [-0.2, 0) is 0 Å². The van der Waals surface area contributed by atoms with Gasteiger partial charge in [-0.05, 0) is 11.8 Å². The van der Waals surface area contributed by atoms with Crippen LogP contribution in [0.25, 0.3) is 0 Å². The highest BCUT2D eigenvalue weighted by Crippen LogP contribution is 2.48. The van der Waals surface area contributed by atoms with Crippen LogP contribution in [0, 0.1) is 11.3 Å². The number of hydrogen-bond acceptors (Lipinski definition) is 0. The predicted molar refractivity (Wildman–Crippen MR) is 63.3 cm³/mol. The van der Waals surface area contributed by atoms with Crippen molar-refractivity contribution in [3.63, 3.8) is 0 Å². The van der Waals surface area contributed by atoms with Crippen LogP contribution in [0.3, 0.4) is 0 Å². The van der Waals surface area contributed by atoms with Gasteiger partial charge in [0.25, 0.3) is 0 Å². The highest BCUT2D eigenvalue weighted by atomic mass is 14.3. The van der Waals surface area contributed by atoms with Gasteiger partial charge in [0, 0.05) is 0 Å². The van der Waals surface area contributed by atoms with E-state index in [0.717, 1.165) is 5.92 Å². The topological polar surface area (TPSA) is 0 Å². The summed E-state index contributed by atoms with van der Waals surface area (Å²) in [5.41, 5.74) is 0.468. The minimum absolute atomic E-state index is 0.447. The molecule has 0 aliphatic rings. The highest BCUT2D eigenvalue weighted by Gasteiger charge is 2.37. The SMILES string of the molecule is BC(B)(C(C)C)C(C)(C)CCC. The molecule has 0 spiro atoms. The van der Waals surface area contributed by atoms with Crippen molar-refractivity contribution in [3.05, 3.63) is 0 Å². The summed E-state index contributed by atoms with van der Waals surface area (Å²) >= 11 is 0. The van der Waals surface area contributed by atoms with E-state index in [9.17, 15) is 0 Å². The van der Waals surface area contributed by atoms with E-state index in [0.29, 0.717) is 10.6 Å². The molecule has 2 heteroatoms. The van der Waals surface area contributed by atoms with Crippen LogP contribution in [0.5, 0.6) is 0 Å². The van der Waals surface area contributed by atoms with E-state index in [4.69, 9.17) is 0 Å². The zero-order chi connectivity index (χ0) is 9.99. The fourth-order valence-electron chi connectivity index (χ4n) is 1.73. The van der Waals surface area contributed by atoms with Gasteiger partial charge in [-0.25, -0.2) is 0 Å². The van der Waals surface area contributed by atoms with E-state index in [1.807, 2.05) is 0 Å². The molecule has 0 atom stereocenters. The van der Waals surface area contributed by atoms with Crippen molar-refractivity contribution >= 4 is 15.7 Å². The third kappa shape index (κ3) is 2.31. The molecule has 0 rings (SSSR count). The Kier molecular flexibility index (Phi) is 3.93. The van der Waals surface area contributed by atoms with Crippen molar-refractivity contribution in [1.29, 1.82) is 0 Å².